The molecule has 2 atom stereocenters. The van der Waals surface area contributed by atoms with Crippen LogP contribution < -0.4 is 5.32 Å². The highest BCUT2D eigenvalue weighted by Gasteiger charge is 2.16. The summed E-state index contributed by atoms with van der Waals surface area (Å²) in [6, 6.07) is 7.64. The molecular formula is C24H32ClNO4. The number of nitrogens with one attached hydrogen (secondary N) is 1. The first-order valence-electron chi connectivity index (χ1n) is 10.4. The summed E-state index contributed by atoms with van der Waals surface area (Å²) in [5.41, 5.74) is 3.17. The molecule has 0 saturated carbocycles. The van der Waals surface area contributed by atoms with E-state index in [4.69, 9.17) is 21.1 Å². The van der Waals surface area contributed by atoms with Crippen molar-refractivity contribution in [3.05, 3.63) is 70.5 Å². The first-order chi connectivity index (χ1) is 14.4. The van der Waals surface area contributed by atoms with Crippen LogP contribution in [-0.4, -0.2) is 36.9 Å². The molecule has 1 aromatic carbocycles. The molecule has 1 aliphatic carbocycles. The van der Waals surface area contributed by atoms with Crippen LogP contribution in [0.5, 0.6) is 0 Å². The molecule has 0 radical (unpaired) electrons. The van der Waals surface area contributed by atoms with Gasteiger partial charge in [0.25, 0.3) is 0 Å². The number of allylic oxidation sites excluding steroid dienone is 3. The van der Waals surface area contributed by atoms with E-state index in [9.17, 15) is 9.90 Å². The van der Waals surface area contributed by atoms with Crippen LogP contribution in [-0.2, 0) is 14.3 Å². The van der Waals surface area contributed by atoms with Crippen molar-refractivity contribution in [1.29, 1.82) is 0 Å². The Morgan fingerprint density at radius 2 is 2.23 bits per heavy atom. The van der Waals surface area contributed by atoms with Crippen LogP contribution in [0.1, 0.15) is 51.2 Å². The molecule has 2 unspecified atom stereocenters. The Bertz CT molecular complexity index is 787. The Kier molecular flexibility index (Phi) is 10.1. The average molecular weight is 434 g/mol. The summed E-state index contributed by atoms with van der Waals surface area (Å²) in [7, 11) is 0. The number of esters is 1. The first-order valence-corrected chi connectivity index (χ1v) is 10.8. The maximum Gasteiger partial charge on any atom is 0.344 e. The molecule has 0 aromatic heterocycles. The van der Waals surface area contributed by atoms with Gasteiger partial charge < -0.3 is 19.9 Å². The molecule has 164 valence electrons. The number of halogens is 1. The van der Waals surface area contributed by atoms with Crippen molar-refractivity contribution < 1.29 is 19.4 Å². The molecular weight excluding hydrogens is 402 g/mol. The molecule has 6 heteroatoms. The number of carbonyl (C=O) groups is 1. The number of ether oxygens (including phenoxy) is 2. The molecule has 1 aromatic rings. The van der Waals surface area contributed by atoms with Gasteiger partial charge in [-0.25, -0.2) is 4.79 Å². The summed E-state index contributed by atoms with van der Waals surface area (Å²) in [4.78, 5) is 11.4. The van der Waals surface area contributed by atoms with Gasteiger partial charge >= 0.3 is 5.97 Å². The van der Waals surface area contributed by atoms with Crippen LogP contribution in [0, 0.1) is 0 Å². The topological polar surface area (TPSA) is 67.8 Å². The number of hydrogen-bond acceptors (Lipinski definition) is 5. The number of benzene rings is 1. The Morgan fingerprint density at radius 1 is 1.43 bits per heavy atom. The second-order valence-corrected chi connectivity index (χ2v) is 7.86. The highest BCUT2D eigenvalue weighted by Crippen LogP contribution is 2.25. The number of aliphatic hydroxyl groups excluding tert-OH is 1. The van der Waals surface area contributed by atoms with Crippen molar-refractivity contribution in [2.45, 2.75) is 51.7 Å². The molecule has 0 spiro atoms. The van der Waals surface area contributed by atoms with E-state index < -0.39 is 12.1 Å². The molecule has 0 aliphatic heterocycles. The molecule has 0 saturated heterocycles. The minimum Gasteiger partial charge on any atom is -0.483 e. The largest absolute Gasteiger partial charge is 0.483 e. The fraction of sp³-hybridized carbons (Fsp3) is 0.458. The minimum absolute atomic E-state index is 0.129. The van der Waals surface area contributed by atoms with Gasteiger partial charge in [-0.2, -0.15) is 0 Å². The summed E-state index contributed by atoms with van der Waals surface area (Å²) in [6.07, 6.45) is 7.47. The first kappa shape index (κ1) is 24.2. The molecule has 1 aliphatic rings. The van der Waals surface area contributed by atoms with Gasteiger partial charge in [-0.3, -0.25) is 0 Å². The van der Waals surface area contributed by atoms with Crippen molar-refractivity contribution in [3.63, 3.8) is 0 Å². The quantitative estimate of drug-likeness (QED) is 0.313. The zero-order chi connectivity index (χ0) is 21.9. The lowest BCUT2D eigenvalue weighted by atomic mass is 10.0. The third-order valence-electron chi connectivity index (χ3n) is 5.05. The number of aliphatic hydroxyl groups is 1. The molecule has 2 N–H and O–H groups in total. The number of hydrogen-bond donors (Lipinski definition) is 2. The summed E-state index contributed by atoms with van der Waals surface area (Å²) in [5, 5.41) is 14.5. The van der Waals surface area contributed by atoms with E-state index in [1.807, 2.05) is 25.1 Å². The smallest absolute Gasteiger partial charge is 0.344 e. The Hall–Kier alpha value is -2.08. The second kappa shape index (κ2) is 12.6. The fourth-order valence-electron chi connectivity index (χ4n) is 3.43. The summed E-state index contributed by atoms with van der Waals surface area (Å²) < 4.78 is 10.2. The van der Waals surface area contributed by atoms with Gasteiger partial charge in [-0.05, 0) is 74.4 Å². The lowest BCUT2D eigenvalue weighted by molar-refractivity contribution is -0.146. The summed E-state index contributed by atoms with van der Waals surface area (Å²) in [5.74, 6) is 0.0530. The van der Waals surface area contributed by atoms with Crippen LogP contribution >= 0.6 is 11.6 Å². The van der Waals surface area contributed by atoms with E-state index in [0.29, 0.717) is 30.0 Å². The van der Waals surface area contributed by atoms with Gasteiger partial charge in [0.05, 0.1) is 12.7 Å². The molecule has 0 bridgehead atoms. The van der Waals surface area contributed by atoms with E-state index in [0.717, 1.165) is 36.8 Å². The van der Waals surface area contributed by atoms with Crippen molar-refractivity contribution in [2.24, 2.45) is 0 Å². The third-order valence-corrected chi connectivity index (χ3v) is 5.28. The van der Waals surface area contributed by atoms with Crippen molar-refractivity contribution >= 4 is 17.6 Å². The SMILES string of the molecule is C=C(/C=C(/C)C1=CCC(NCC(O)c2cccc(Cl)c2)CCC1)OCC(=O)OCC. The van der Waals surface area contributed by atoms with Crippen LogP contribution in [0.15, 0.2) is 59.9 Å². The molecule has 0 fully saturated rings. The Morgan fingerprint density at radius 3 is 2.97 bits per heavy atom. The Balaban J connectivity index is 1.84. The van der Waals surface area contributed by atoms with Crippen LogP contribution in [0.2, 0.25) is 5.02 Å². The summed E-state index contributed by atoms with van der Waals surface area (Å²) >= 11 is 6.01. The third kappa shape index (κ3) is 8.34. The fourth-order valence-corrected chi connectivity index (χ4v) is 3.63. The van der Waals surface area contributed by atoms with E-state index in [-0.39, 0.29) is 6.61 Å². The molecule has 30 heavy (non-hydrogen) atoms. The molecule has 5 nitrogen and oxygen atoms in total. The van der Waals surface area contributed by atoms with Crippen LogP contribution in [0.25, 0.3) is 0 Å². The van der Waals surface area contributed by atoms with Crippen molar-refractivity contribution in [2.75, 3.05) is 19.8 Å². The van der Waals surface area contributed by atoms with Crippen molar-refractivity contribution in [1.82, 2.24) is 5.32 Å². The van der Waals surface area contributed by atoms with Crippen LogP contribution in [0.4, 0.5) is 0 Å². The molecule has 0 heterocycles. The molecule has 0 amide bonds. The summed E-state index contributed by atoms with van der Waals surface area (Å²) in [6.45, 7) is 8.34. The van der Waals surface area contributed by atoms with Gasteiger partial charge in [-0.15, -0.1) is 0 Å². The van der Waals surface area contributed by atoms with E-state index in [1.54, 1.807) is 19.1 Å². The molecule has 2 rings (SSSR count). The number of rotatable bonds is 10. The lowest BCUT2D eigenvalue weighted by Gasteiger charge is -2.19. The van der Waals surface area contributed by atoms with E-state index in [1.165, 1.54) is 5.57 Å². The zero-order valence-electron chi connectivity index (χ0n) is 17.8. The van der Waals surface area contributed by atoms with E-state index >= 15 is 0 Å². The van der Waals surface area contributed by atoms with Gasteiger partial charge in [0, 0.05) is 17.6 Å². The average Bonchev–Trinajstić information content (AvgIpc) is 2.96. The predicted molar refractivity (Wildman–Crippen MR) is 120 cm³/mol. The maximum absolute atomic E-state index is 11.4. The van der Waals surface area contributed by atoms with Crippen molar-refractivity contribution in [3.8, 4) is 0 Å². The van der Waals surface area contributed by atoms with Gasteiger partial charge in [-0.1, -0.05) is 36.4 Å². The predicted octanol–water partition coefficient (Wildman–Crippen LogP) is 4.87. The zero-order valence-corrected chi connectivity index (χ0v) is 18.6. The maximum atomic E-state index is 11.4. The second-order valence-electron chi connectivity index (χ2n) is 7.42. The minimum atomic E-state index is -0.586. The van der Waals surface area contributed by atoms with Gasteiger partial charge in [0.2, 0.25) is 0 Å². The Labute approximate surface area is 184 Å². The lowest BCUT2D eigenvalue weighted by Crippen LogP contribution is -2.32. The highest BCUT2D eigenvalue weighted by molar-refractivity contribution is 6.30. The van der Waals surface area contributed by atoms with Gasteiger partial charge in [0.1, 0.15) is 5.76 Å². The standard InChI is InChI=1S/C24H32ClNO4/c1-4-29-24(28)16-30-18(3)13-17(2)19-7-6-10-22(12-11-19)26-15-23(27)20-8-5-9-21(25)14-20/h5,8-9,11,13-14,22-23,26-27H,3-4,6-7,10,12,15-16H2,1-2H3/b17-13-. The highest BCUT2D eigenvalue weighted by atomic mass is 35.5. The van der Waals surface area contributed by atoms with E-state index in [2.05, 4.69) is 18.0 Å². The van der Waals surface area contributed by atoms with Gasteiger partial charge in [0.15, 0.2) is 6.61 Å². The normalized spacial score (nSPS) is 18.2. The van der Waals surface area contributed by atoms with Crippen LogP contribution in [0.3, 0.4) is 0 Å². The monoisotopic (exact) mass is 433 g/mol. The number of carbonyl (C=O) groups excluding carboxylic acids is 1.